The fourth-order valence-electron chi connectivity index (χ4n) is 6.52. The summed E-state index contributed by atoms with van der Waals surface area (Å²) in [6.07, 6.45) is 6.59. The number of benzene rings is 2. The Morgan fingerprint density at radius 1 is 1.07 bits per heavy atom. The molecule has 218 valence electrons. The summed E-state index contributed by atoms with van der Waals surface area (Å²) in [4.78, 5) is 32.7. The maximum absolute atomic E-state index is 13.8. The minimum Gasteiger partial charge on any atom is -0.347 e. The number of hydrogen-bond acceptors (Lipinski definition) is 4. The monoisotopic (exact) mass is 590 g/mol. The van der Waals surface area contributed by atoms with Gasteiger partial charge in [0.05, 0.1) is 10.0 Å². The average molecular weight is 592 g/mol. The molecule has 2 aliphatic heterocycles. The lowest BCUT2D eigenvalue weighted by molar-refractivity contribution is -0.148. The highest BCUT2D eigenvalue weighted by Crippen LogP contribution is 2.38. The molecule has 2 fully saturated rings. The molecule has 0 bridgehead atoms. The maximum Gasteiger partial charge on any atom is 0.253 e. The first-order valence-electron chi connectivity index (χ1n) is 14.3. The van der Waals surface area contributed by atoms with Gasteiger partial charge in [0.25, 0.3) is 5.91 Å². The SMILES string of the molecule is CN(C)C(=O)C1(N2CCCCC2CCC(CN(C)C(=O)c2cccc(F)c2)c2ccc(Cl)c(Cl)c2)CCNCC1. The van der Waals surface area contributed by atoms with E-state index in [1.165, 1.54) is 12.1 Å². The van der Waals surface area contributed by atoms with Crippen LogP contribution in [0.2, 0.25) is 10.0 Å². The van der Waals surface area contributed by atoms with Crippen LogP contribution in [0.3, 0.4) is 0 Å². The van der Waals surface area contributed by atoms with Gasteiger partial charge in [-0.25, -0.2) is 4.39 Å². The Kier molecular flexibility index (Phi) is 10.5. The smallest absolute Gasteiger partial charge is 0.253 e. The van der Waals surface area contributed by atoms with E-state index in [4.69, 9.17) is 23.2 Å². The number of nitrogens with one attached hydrogen (secondary N) is 1. The van der Waals surface area contributed by atoms with Gasteiger partial charge in [0.2, 0.25) is 5.91 Å². The van der Waals surface area contributed by atoms with Crippen molar-refractivity contribution in [2.24, 2.45) is 0 Å². The molecule has 2 aromatic rings. The molecule has 2 aliphatic rings. The van der Waals surface area contributed by atoms with Crippen molar-refractivity contribution in [3.8, 4) is 0 Å². The predicted octanol–water partition coefficient (Wildman–Crippen LogP) is 5.83. The normalized spacial score (nSPS) is 20.1. The Balaban J connectivity index is 1.57. The third-order valence-corrected chi connectivity index (χ3v) is 9.33. The maximum atomic E-state index is 13.8. The van der Waals surface area contributed by atoms with E-state index >= 15 is 0 Å². The Bertz CT molecular complexity index is 1190. The summed E-state index contributed by atoms with van der Waals surface area (Å²) < 4.78 is 13.8. The highest BCUT2D eigenvalue weighted by molar-refractivity contribution is 6.42. The van der Waals surface area contributed by atoms with Crippen molar-refractivity contribution in [2.45, 2.75) is 62.4 Å². The lowest BCUT2D eigenvalue weighted by Gasteiger charge is -2.51. The first kappa shape index (κ1) is 30.8. The Hall–Kier alpha value is -2.19. The zero-order valence-electron chi connectivity index (χ0n) is 23.8. The molecular formula is C31H41Cl2FN4O2. The Labute approximate surface area is 247 Å². The highest BCUT2D eigenvalue weighted by Gasteiger charge is 2.48. The van der Waals surface area contributed by atoms with Crippen LogP contribution in [0.5, 0.6) is 0 Å². The number of nitrogens with zero attached hydrogens (tertiary/aromatic N) is 3. The fourth-order valence-corrected chi connectivity index (χ4v) is 6.83. The minimum absolute atomic E-state index is 0.00502. The quantitative estimate of drug-likeness (QED) is 0.399. The topological polar surface area (TPSA) is 55.9 Å². The van der Waals surface area contributed by atoms with E-state index in [1.807, 2.05) is 26.2 Å². The van der Waals surface area contributed by atoms with Crippen LogP contribution in [-0.4, -0.2) is 85.4 Å². The van der Waals surface area contributed by atoms with Crippen LogP contribution in [0.4, 0.5) is 4.39 Å². The molecular weight excluding hydrogens is 550 g/mol. The molecule has 0 saturated carbocycles. The van der Waals surface area contributed by atoms with Gasteiger partial charge in [-0.15, -0.1) is 0 Å². The van der Waals surface area contributed by atoms with E-state index in [9.17, 15) is 14.0 Å². The number of likely N-dealkylation sites (tertiary alicyclic amines) is 1. The summed E-state index contributed by atoms with van der Waals surface area (Å²) in [5, 5.41) is 4.40. The van der Waals surface area contributed by atoms with Crippen molar-refractivity contribution >= 4 is 35.0 Å². The lowest BCUT2D eigenvalue weighted by Crippen LogP contribution is -2.66. The van der Waals surface area contributed by atoms with E-state index in [-0.39, 0.29) is 23.8 Å². The van der Waals surface area contributed by atoms with Gasteiger partial charge >= 0.3 is 0 Å². The molecule has 2 aromatic carbocycles. The molecule has 0 spiro atoms. The van der Waals surface area contributed by atoms with Gasteiger partial charge < -0.3 is 15.1 Å². The number of carbonyl (C=O) groups is 2. The van der Waals surface area contributed by atoms with E-state index in [1.54, 1.807) is 35.0 Å². The second kappa shape index (κ2) is 13.6. The molecule has 2 unspecified atom stereocenters. The van der Waals surface area contributed by atoms with Crippen LogP contribution in [-0.2, 0) is 4.79 Å². The summed E-state index contributed by atoms with van der Waals surface area (Å²) in [6.45, 7) is 3.04. The van der Waals surface area contributed by atoms with Gasteiger partial charge in [0.15, 0.2) is 0 Å². The largest absolute Gasteiger partial charge is 0.347 e. The molecule has 2 saturated heterocycles. The first-order valence-corrected chi connectivity index (χ1v) is 15.0. The summed E-state index contributed by atoms with van der Waals surface area (Å²) in [5.41, 5.74) is 0.851. The van der Waals surface area contributed by atoms with Crippen LogP contribution < -0.4 is 5.32 Å². The van der Waals surface area contributed by atoms with Gasteiger partial charge in [0, 0.05) is 45.2 Å². The summed E-state index contributed by atoms with van der Waals surface area (Å²) >= 11 is 12.6. The van der Waals surface area contributed by atoms with Gasteiger partial charge in [-0.05, 0) is 94.1 Å². The molecule has 2 amide bonds. The highest BCUT2D eigenvalue weighted by atomic mass is 35.5. The van der Waals surface area contributed by atoms with Crippen LogP contribution in [0, 0.1) is 5.82 Å². The molecule has 1 N–H and O–H groups in total. The Morgan fingerprint density at radius 2 is 1.82 bits per heavy atom. The van der Waals surface area contributed by atoms with Crippen molar-refractivity contribution in [3.63, 3.8) is 0 Å². The molecule has 2 atom stereocenters. The van der Waals surface area contributed by atoms with Crippen molar-refractivity contribution in [1.29, 1.82) is 0 Å². The van der Waals surface area contributed by atoms with Gasteiger partial charge in [-0.1, -0.05) is 41.8 Å². The number of rotatable bonds is 9. The van der Waals surface area contributed by atoms with Crippen molar-refractivity contribution in [2.75, 3.05) is 47.3 Å². The molecule has 40 heavy (non-hydrogen) atoms. The third-order valence-electron chi connectivity index (χ3n) is 8.59. The lowest BCUT2D eigenvalue weighted by atomic mass is 9.80. The standard InChI is InChI=1S/C31H41Cl2FN4O2/c1-36(2)30(40)31(14-16-35-17-15-31)38-18-5-4-9-26(38)12-10-24(22-11-13-27(32)28(33)20-22)21-37(3)29(39)23-7-6-8-25(34)19-23/h6-8,11,13,19-20,24,26,35H,4-5,9-10,12,14-18,21H2,1-3H3. The summed E-state index contributed by atoms with van der Waals surface area (Å²) in [6, 6.07) is 11.7. The number of halogens is 3. The van der Waals surface area contributed by atoms with Crippen molar-refractivity contribution < 1.29 is 14.0 Å². The van der Waals surface area contributed by atoms with Gasteiger partial charge in [-0.3, -0.25) is 14.5 Å². The third kappa shape index (κ3) is 6.99. The number of amides is 2. The Morgan fingerprint density at radius 3 is 2.50 bits per heavy atom. The second-order valence-corrected chi connectivity index (χ2v) is 12.3. The van der Waals surface area contributed by atoms with Crippen LogP contribution in [0.15, 0.2) is 42.5 Å². The van der Waals surface area contributed by atoms with Crippen LogP contribution in [0.25, 0.3) is 0 Å². The molecule has 0 aromatic heterocycles. The first-order chi connectivity index (χ1) is 19.1. The zero-order valence-corrected chi connectivity index (χ0v) is 25.3. The fraction of sp³-hybridized carbons (Fsp3) is 0.548. The van der Waals surface area contributed by atoms with E-state index in [0.717, 1.165) is 70.1 Å². The van der Waals surface area contributed by atoms with E-state index in [2.05, 4.69) is 10.2 Å². The average Bonchev–Trinajstić information content (AvgIpc) is 2.96. The number of hydrogen-bond donors (Lipinski definition) is 1. The van der Waals surface area contributed by atoms with Crippen LogP contribution in [0.1, 0.15) is 66.8 Å². The van der Waals surface area contributed by atoms with Gasteiger partial charge in [-0.2, -0.15) is 0 Å². The number of piperidine rings is 2. The number of likely N-dealkylation sites (N-methyl/N-ethyl adjacent to an activating group) is 2. The van der Waals surface area contributed by atoms with Gasteiger partial charge in [0.1, 0.15) is 11.4 Å². The van der Waals surface area contributed by atoms with E-state index < -0.39 is 11.4 Å². The van der Waals surface area contributed by atoms with Crippen molar-refractivity contribution in [3.05, 3.63) is 69.5 Å². The molecule has 4 rings (SSSR count). The van der Waals surface area contributed by atoms with Crippen molar-refractivity contribution in [1.82, 2.24) is 20.0 Å². The second-order valence-electron chi connectivity index (χ2n) is 11.5. The van der Waals surface area contributed by atoms with E-state index in [0.29, 0.717) is 22.2 Å². The molecule has 0 radical (unpaired) electrons. The molecule has 2 heterocycles. The predicted molar refractivity (Wildman–Crippen MR) is 160 cm³/mol. The molecule has 9 heteroatoms. The number of carbonyl (C=O) groups excluding carboxylic acids is 2. The van der Waals surface area contributed by atoms with Crippen LogP contribution >= 0.6 is 23.2 Å². The summed E-state index contributed by atoms with van der Waals surface area (Å²) in [5.74, 6) is -0.470. The summed E-state index contributed by atoms with van der Waals surface area (Å²) in [7, 11) is 5.47. The zero-order chi connectivity index (χ0) is 28.9. The molecule has 6 nitrogen and oxygen atoms in total. The molecule has 0 aliphatic carbocycles. The minimum atomic E-state index is -0.483.